The summed E-state index contributed by atoms with van der Waals surface area (Å²) in [5, 5.41) is 29.3. The molecule has 0 atom stereocenters. The Bertz CT molecular complexity index is 539. The van der Waals surface area contributed by atoms with E-state index in [1.165, 1.54) is 27.1 Å². The summed E-state index contributed by atoms with van der Waals surface area (Å²) in [5.41, 5.74) is 0.0244. The second-order valence-electron chi connectivity index (χ2n) is 5.44. The molecular weight excluding hydrogens is 300 g/mol. The molecule has 0 saturated heterocycles. The molecule has 0 aliphatic carbocycles. The predicted octanol–water partition coefficient (Wildman–Crippen LogP) is 3.72. The molecule has 3 N–H and O–H groups in total. The minimum atomic E-state index is -1.31. The van der Waals surface area contributed by atoms with Gasteiger partial charge in [-0.1, -0.05) is 39.0 Å². The molecule has 0 amide bonds. The van der Waals surface area contributed by atoms with E-state index in [-0.39, 0.29) is 17.1 Å². The average molecular weight is 326 g/mol. The normalized spacial score (nSPS) is 10.6. The number of aromatic carboxylic acids is 1. The summed E-state index contributed by atoms with van der Waals surface area (Å²) in [5.74, 6) is -2.49. The molecule has 0 radical (unpaired) electrons. The fraction of sp³-hybridized carbons (Fsp3) is 0.588. The van der Waals surface area contributed by atoms with Gasteiger partial charge in [-0.05, 0) is 12.8 Å². The first-order valence-electron chi connectivity index (χ1n) is 7.91. The first-order valence-corrected chi connectivity index (χ1v) is 7.91. The summed E-state index contributed by atoms with van der Waals surface area (Å²) < 4.78 is 10.3. The Labute approximate surface area is 136 Å². The van der Waals surface area contributed by atoms with Gasteiger partial charge in [-0.2, -0.15) is 0 Å². The number of phenolic OH excluding ortho intramolecular Hbond substituents is 1. The number of carboxylic acids is 1. The van der Waals surface area contributed by atoms with Gasteiger partial charge < -0.3 is 24.8 Å². The zero-order valence-electron chi connectivity index (χ0n) is 14.0. The quantitative estimate of drug-likeness (QED) is 0.448. The van der Waals surface area contributed by atoms with E-state index >= 15 is 0 Å². The number of rotatable bonds is 10. The van der Waals surface area contributed by atoms with Gasteiger partial charge >= 0.3 is 5.97 Å². The van der Waals surface area contributed by atoms with Gasteiger partial charge in [0.25, 0.3) is 0 Å². The highest BCUT2D eigenvalue weighted by molar-refractivity contribution is 5.95. The van der Waals surface area contributed by atoms with Crippen molar-refractivity contribution < 1.29 is 29.6 Å². The summed E-state index contributed by atoms with van der Waals surface area (Å²) in [6, 6.07) is 0. The first-order chi connectivity index (χ1) is 11.0. The minimum Gasteiger partial charge on any atom is -0.504 e. The van der Waals surface area contributed by atoms with Crippen molar-refractivity contribution >= 4 is 5.97 Å². The number of methoxy groups -OCH3 is 2. The van der Waals surface area contributed by atoms with E-state index in [0.717, 1.165) is 25.7 Å². The number of hydrogen-bond acceptors (Lipinski definition) is 5. The van der Waals surface area contributed by atoms with Crippen molar-refractivity contribution in [2.45, 2.75) is 51.9 Å². The molecule has 0 bridgehead atoms. The van der Waals surface area contributed by atoms with Crippen molar-refractivity contribution in [1.29, 1.82) is 0 Å². The maximum atomic E-state index is 11.5. The molecule has 1 aromatic rings. The van der Waals surface area contributed by atoms with E-state index in [9.17, 15) is 20.1 Å². The van der Waals surface area contributed by atoms with Crippen LogP contribution in [0.15, 0.2) is 0 Å². The fourth-order valence-corrected chi connectivity index (χ4v) is 2.68. The lowest BCUT2D eigenvalue weighted by molar-refractivity contribution is 0.0690. The Morgan fingerprint density at radius 1 is 0.913 bits per heavy atom. The number of ether oxygens (including phenoxy) is 2. The van der Waals surface area contributed by atoms with Crippen molar-refractivity contribution in [3.8, 4) is 23.0 Å². The fourth-order valence-electron chi connectivity index (χ4n) is 2.68. The van der Waals surface area contributed by atoms with Crippen LogP contribution in [0.5, 0.6) is 23.0 Å². The van der Waals surface area contributed by atoms with Crippen molar-refractivity contribution in [1.82, 2.24) is 0 Å². The van der Waals surface area contributed by atoms with Gasteiger partial charge in [-0.3, -0.25) is 0 Å². The van der Waals surface area contributed by atoms with E-state index in [1.54, 1.807) is 0 Å². The largest absolute Gasteiger partial charge is 0.504 e. The molecule has 1 rings (SSSR count). The van der Waals surface area contributed by atoms with Crippen LogP contribution in [0.4, 0.5) is 0 Å². The van der Waals surface area contributed by atoms with Crippen LogP contribution < -0.4 is 9.47 Å². The number of carbonyl (C=O) groups is 1. The van der Waals surface area contributed by atoms with Gasteiger partial charge in [0.15, 0.2) is 11.5 Å². The molecule has 0 fully saturated rings. The number of benzene rings is 1. The van der Waals surface area contributed by atoms with Gasteiger partial charge in [-0.25, -0.2) is 4.79 Å². The maximum Gasteiger partial charge on any atom is 0.340 e. The molecule has 0 aliphatic rings. The van der Waals surface area contributed by atoms with E-state index in [1.807, 2.05) is 0 Å². The van der Waals surface area contributed by atoms with Crippen molar-refractivity contribution in [2.75, 3.05) is 14.2 Å². The molecule has 1 aromatic carbocycles. The van der Waals surface area contributed by atoms with Crippen LogP contribution in [0.1, 0.15) is 61.4 Å². The summed E-state index contributed by atoms with van der Waals surface area (Å²) in [6.07, 6.45) is 6.77. The highest BCUT2D eigenvalue weighted by Crippen LogP contribution is 2.48. The molecule has 130 valence electrons. The third kappa shape index (κ3) is 4.43. The average Bonchev–Trinajstić information content (AvgIpc) is 2.52. The number of unbranched alkanes of at least 4 members (excludes halogenated alkanes) is 5. The van der Waals surface area contributed by atoms with Crippen LogP contribution in [-0.2, 0) is 6.42 Å². The van der Waals surface area contributed by atoms with Crippen LogP contribution in [0.25, 0.3) is 0 Å². The predicted molar refractivity (Wildman–Crippen MR) is 86.9 cm³/mol. The zero-order valence-corrected chi connectivity index (χ0v) is 14.0. The van der Waals surface area contributed by atoms with Crippen LogP contribution in [0, 0.1) is 0 Å². The van der Waals surface area contributed by atoms with Crippen LogP contribution in [0.2, 0.25) is 0 Å². The molecule has 0 unspecified atom stereocenters. The van der Waals surface area contributed by atoms with Gasteiger partial charge in [-0.15, -0.1) is 0 Å². The molecule has 6 heteroatoms. The molecule has 0 heterocycles. The van der Waals surface area contributed by atoms with Gasteiger partial charge in [0.05, 0.1) is 14.2 Å². The lowest BCUT2D eigenvalue weighted by atomic mass is 9.97. The summed E-state index contributed by atoms with van der Waals surface area (Å²) >= 11 is 0. The van der Waals surface area contributed by atoms with Crippen LogP contribution >= 0.6 is 0 Å². The molecule has 0 aliphatic heterocycles. The Hall–Kier alpha value is -2.11. The topological polar surface area (TPSA) is 96.2 Å². The van der Waals surface area contributed by atoms with Crippen molar-refractivity contribution in [3.05, 3.63) is 11.1 Å². The summed E-state index contributed by atoms with van der Waals surface area (Å²) in [7, 11) is 2.71. The standard InChI is InChI=1S/C17H26O6/c1-4-5-6-7-8-9-10-11-12(17(20)21)13(18)14(19)16(23-3)15(11)22-2/h18-19H,4-10H2,1-3H3,(H,20,21). The second kappa shape index (κ2) is 9.12. The van der Waals surface area contributed by atoms with Gasteiger partial charge in [0.2, 0.25) is 11.5 Å². The number of hydrogen-bond donors (Lipinski definition) is 3. The molecule has 0 saturated carbocycles. The SMILES string of the molecule is CCCCCCCCc1c(OC)c(OC)c(O)c(O)c1C(=O)O. The molecule has 0 spiro atoms. The smallest absolute Gasteiger partial charge is 0.340 e. The number of phenols is 2. The Balaban J connectivity index is 3.07. The third-order valence-corrected chi connectivity index (χ3v) is 3.86. The Morgan fingerprint density at radius 3 is 2.00 bits per heavy atom. The van der Waals surface area contributed by atoms with E-state index < -0.39 is 17.5 Å². The number of aromatic hydroxyl groups is 2. The van der Waals surface area contributed by atoms with Gasteiger partial charge in [0, 0.05) is 5.56 Å². The van der Waals surface area contributed by atoms with Crippen molar-refractivity contribution in [2.24, 2.45) is 0 Å². The Morgan fingerprint density at radius 2 is 1.48 bits per heavy atom. The van der Waals surface area contributed by atoms with Crippen molar-refractivity contribution in [3.63, 3.8) is 0 Å². The summed E-state index contributed by atoms with van der Waals surface area (Å²) in [4.78, 5) is 11.5. The van der Waals surface area contributed by atoms with E-state index in [4.69, 9.17) is 9.47 Å². The molecule has 0 aromatic heterocycles. The van der Waals surface area contributed by atoms with Crippen LogP contribution in [0.3, 0.4) is 0 Å². The number of carboxylic acid groups (broad SMARTS) is 1. The van der Waals surface area contributed by atoms with Gasteiger partial charge in [0.1, 0.15) is 5.56 Å². The summed E-state index contributed by atoms with van der Waals surface area (Å²) in [6.45, 7) is 2.15. The van der Waals surface area contributed by atoms with E-state index in [2.05, 4.69) is 6.92 Å². The monoisotopic (exact) mass is 326 g/mol. The van der Waals surface area contributed by atoms with E-state index in [0.29, 0.717) is 12.0 Å². The molecule has 6 nitrogen and oxygen atoms in total. The van der Waals surface area contributed by atoms with Crippen LogP contribution in [-0.4, -0.2) is 35.5 Å². The minimum absolute atomic E-state index is 0.0454. The lowest BCUT2D eigenvalue weighted by Gasteiger charge is -2.18. The highest BCUT2D eigenvalue weighted by atomic mass is 16.5. The lowest BCUT2D eigenvalue weighted by Crippen LogP contribution is -2.07. The zero-order chi connectivity index (χ0) is 17.4. The third-order valence-electron chi connectivity index (χ3n) is 3.86. The first kappa shape index (κ1) is 18.9. The molecular formula is C17H26O6. The Kier molecular flexibility index (Phi) is 7.51. The highest BCUT2D eigenvalue weighted by Gasteiger charge is 2.28. The molecule has 23 heavy (non-hydrogen) atoms. The maximum absolute atomic E-state index is 11.5. The second-order valence-corrected chi connectivity index (χ2v) is 5.44.